The molecule has 98 valence electrons. The molecule has 0 aromatic rings. The van der Waals surface area contributed by atoms with Gasteiger partial charge < -0.3 is 26.6 Å². The lowest BCUT2D eigenvalue weighted by atomic mass is 10.1. The van der Waals surface area contributed by atoms with Crippen molar-refractivity contribution in [3.8, 4) is 0 Å². The number of carbonyl (C=O) groups excluding carboxylic acids is 1. The van der Waals surface area contributed by atoms with E-state index in [4.69, 9.17) is 15.9 Å². The van der Waals surface area contributed by atoms with Crippen molar-refractivity contribution in [1.29, 1.82) is 0 Å². The zero-order valence-electron chi connectivity index (χ0n) is 9.31. The van der Waals surface area contributed by atoms with Crippen molar-refractivity contribution in [1.82, 2.24) is 10.6 Å². The van der Waals surface area contributed by atoms with Crippen LogP contribution in [0.1, 0.15) is 19.3 Å². The summed E-state index contributed by atoms with van der Waals surface area (Å²) < 4.78 is 0. The Balaban J connectivity index is 4.02. The molecule has 0 saturated heterocycles. The smallest absolute Gasteiger partial charge is 0.326 e. The lowest BCUT2D eigenvalue weighted by Gasteiger charge is -2.14. The number of carboxylic acids is 2. The van der Waals surface area contributed by atoms with Crippen LogP contribution in [0.5, 0.6) is 0 Å². The first-order valence-electron chi connectivity index (χ1n) is 5.16. The van der Waals surface area contributed by atoms with Crippen LogP contribution >= 0.6 is 0 Å². The third-order valence-electron chi connectivity index (χ3n) is 1.92. The Hall–Kier alpha value is -1.83. The van der Waals surface area contributed by atoms with Gasteiger partial charge in [-0.25, -0.2) is 9.59 Å². The van der Waals surface area contributed by atoms with E-state index in [1.165, 1.54) is 0 Å². The molecule has 0 saturated carbocycles. The average Bonchev–Trinajstić information content (AvgIpc) is 2.23. The summed E-state index contributed by atoms with van der Waals surface area (Å²) in [6, 6.07) is -1.85. The first-order chi connectivity index (χ1) is 7.97. The van der Waals surface area contributed by atoms with Crippen molar-refractivity contribution in [3.05, 3.63) is 0 Å². The predicted molar refractivity (Wildman–Crippen MR) is 58.5 cm³/mol. The Labute approximate surface area is 98.2 Å². The maximum absolute atomic E-state index is 11.2. The van der Waals surface area contributed by atoms with Crippen LogP contribution in [0.25, 0.3) is 0 Å². The number of aliphatic carboxylic acids is 2. The van der Waals surface area contributed by atoms with Crippen molar-refractivity contribution in [3.63, 3.8) is 0 Å². The van der Waals surface area contributed by atoms with Crippen molar-refractivity contribution in [2.75, 3.05) is 13.1 Å². The highest BCUT2D eigenvalue weighted by atomic mass is 16.4. The van der Waals surface area contributed by atoms with E-state index in [1.807, 2.05) is 0 Å². The van der Waals surface area contributed by atoms with E-state index in [0.29, 0.717) is 19.5 Å². The van der Waals surface area contributed by atoms with Gasteiger partial charge in [0, 0.05) is 13.0 Å². The van der Waals surface area contributed by atoms with E-state index in [2.05, 4.69) is 10.6 Å². The van der Waals surface area contributed by atoms with Gasteiger partial charge in [-0.15, -0.1) is 0 Å². The maximum Gasteiger partial charge on any atom is 0.326 e. The van der Waals surface area contributed by atoms with E-state index >= 15 is 0 Å². The van der Waals surface area contributed by atoms with Gasteiger partial charge in [0.15, 0.2) is 0 Å². The summed E-state index contributed by atoms with van der Waals surface area (Å²) in [4.78, 5) is 32.2. The molecule has 0 aliphatic heterocycles. The van der Waals surface area contributed by atoms with Gasteiger partial charge in [-0.1, -0.05) is 0 Å². The van der Waals surface area contributed by atoms with E-state index in [-0.39, 0.29) is 12.8 Å². The van der Waals surface area contributed by atoms with Gasteiger partial charge in [-0.3, -0.25) is 4.79 Å². The van der Waals surface area contributed by atoms with Gasteiger partial charge in [0.1, 0.15) is 6.04 Å². The van der Waals surface area contributed by atoms with Gasteiger partial charge in [-0.05, 0) is 19.4 Å². The summed E-state index contributed by atoms with van der Waals surface area (Å²) in [6.07, 6.45) is 0.106. The van der Waals surface area contributed by atoms with Crippen LogP contribution in [-0.4, -0.2) is 47.3 Å². The second kappa shape index (κ2) is 8.34. The van der Waals surface area contributed by atoms with Crippen molar-refractivity contribution in [2.24, 2.45) is 5.73 Å². The number of amides is 2. The molecule has 0 bridgehead atoms. The molecule has 0 rings (SSSR count). The third-order valence-corrected chi connectivity index (χ3v) is 1.92. The fraction of sp³-hybridized carbons (Fsp3) is 0.667. The lowest BCUT2D eigenvalue weighted by Crippen LogP contribution is -2.46. The summed E-state index contributed by atoms with van der Waals surface area (Å²) in [7, 11) is 0. The molecule has 1 atom stereocenters. The molecule has 6 N–H and O–H groups in total. The second-order valence-electron chi connectivity index (χ2n) is 3.37. The molecular formula is C9H17N3O5. The maximum atomic E-state index is 11.2. The summed E-state index contributed by atoms with van der Waals surface area (Å²) in [5.74, 6) is -2.37. The van der Waals surface area contributed by atoms with Crippen molar-refractivity contribution < 1.29 is 24.6 Å². The molecule has 2 amide bonds. The molecular weight excluding hydrogens is 230 g/mol. The Morgan fingerprint density at radius 2 is 1.88 bits per heavy atom. The number of rotatable bonds is 8. The van der Waals surface area contributed by atoms with Crippen LogP contribution in [0.4, 0.5) is 4.79 Å². The fourth-order valence-corrected chi connectivity index (χ4v) is 1.04. The van der Waals surface area contributed by atoms with E-state index in [9.17, 15) is 14.4 Å². The molecule has 8 nitrogen and oxygen atoms in total. The summed E-state index contributed by atoms with van der Waals surface area (Å²) in [6.45, 7) is 0.759. The Morgan fingerprint density at radius 3 is 2.35 bits per heavy atom. The van der Waals surface area contributed by atoms with Gasteiger partial charge in [0.2, 0.25) is 0 Å². The minimum Gasteiger partial charge on any atom is -0.481 e. The lowest BCUT2D eigenvalue weighted by molar-refractivity contribution is -0.140. The van der Waals surface area contributed by atoms with Gasteiger partial charge >= 0.3 is 18.0 Å². The fourth-order valence-electron chi connectivity index (χ4n) is 1.04. The molecule has 0 aliphatic rings. The largest absolute Gasteiger partial charge is 0.481 e. The number of carbonyl (C=O) groups is 3. The molecule has 0 aromatic carbocycles. The number of carboxylic acid groups (broad SMARTS) is 2. The minimum absolute atomic E-state index is 0.158. The highest BCUT2D eigenvalue weighted by Gasteiger charge is 2.20. The molecule has 17 heavy (non-hydrogen) atoms. The molecule has 0 radical (unpaired) electrons. The first-order valence-corrected chi connectivity index (χ1v) is 5.16. The van der Waals surface area contributed by atoms with Gasteiger partial charge in [-0.2, -0.15) is 0 Å². The van der Waals surface area contributed by atoms with Crippen molar-refractivity contribution >= 4 is 18.0 Å². The number of nitrogens with two attached hydrogens (primary N) is 1. The van der Waals surface area contributed by atoms with Crippen LogP contribution < -0.4 is 16.4 Å². The van der Waals surface area contributed by atoms with Crippen LogP contribution in [0.3, 0.4) is 0 Å². The minimum atomic E-state index is -1.26. The summed E-state index contributed by atoms with van der Waals surface area (Å²) in [5.41, 5.74) is 5.21. The quantitative estimate of drug-likeness (QED) is 0.346. The van der Waals surface area contributed by atoms with E-state index < -0.39 is 24.0 Å². The second-order valence-corrected chi connectivity index (χ2v) is 3.37. The molecule has 1 unspecified atom stereocenters. The highest BCUT2D eigenvalue weighted by molar-refractivity contribution is 5.82. The Kier molecular flexibility index (Phi) is 7.44. The topological polar surface area (TPSA) is 142 Å². The number of hydrogen-bond donors (Lipinski definition) is 5. The van der Waals surface area contributed by atoms with Crippen LogP contribution in [0, 0.1) is 0 Å². The van der Waals surface area contributed by atoms with Crippen LogP contribution in [-0.2, 0) is 9.59 Å². The molecule has 0 spiro atoms. The van der Waals surface area contributed by atoms with Crippen molar-refractivity contribution in [2.45, 2.75) is 25.3 Å². The molecule has 8 heteroatoms. The molecule has 0 aromatic heterocycles. The third kappa shape index (κ3) is 8.03. The zero-order valence-corrected chi connectivity index (χ0v) is 9.31. The molecule has 0 aliphatic carbocycles. The number of urea groups is 1. The average molecular weight is 247 g/mol. The van der Waals surface area contributed by atoms with E-state index in [1.54, 1.807) is 0 Å². The Morgan fingerprint density at radius 1 is 1.24 bits per heavy atom. The first kappa shape index (κ1) is 15.2. The van der Waals surface area contributed by atoms with Crippen LogP contribution in [0.15, 0.2) is 0 Å². The zero-order chi connectivity index (χ0) is 13.3. The Bertz CT molecular complexity index is 282. The van der Waals surface area contributed by atoms with E-state index in [0.717, 1.165) is 0 Å². The summed E-state index contributed by atoms with van der Waals surface area (Å²) >= 11 is 0. The summed E-state index contributed by atoms with van der Waals surface area (Å²) in [5, 5.41) is 21.8. The number of hydrogen-bond acceptors (Lipinski definition) is 4. The number of nitrogens with one attached hydrogen (secondary N) is 2. The van der Waals surface area contributed by atoms with Gasteiger partial charge in [0.05, 0.1) is 0 Å². The normalized spacial score (nSPS) is 11.6. The highest BCUT2D eigenvalue weighted by Crippen LogP contribution is 1.97. The standard InChI is InChI=1S/C9H17N3O5/c10-4-1-5-11-9(17)12-6(8(15)16)2-3-7(13)14/h6H,1-5,10H2,(H,13,14)(H,15,16)(H2,11,12,17). The van der Waals surface area contributed by atoms with Crippen LogP contribution in [0.2, 0.25) is 0 Å². The monoisotopic (exact) mass is 247 g/mol. The van der Waals surface area contributed by atoms with Gasteiger partial charge in [0.25, 0.3) is 0 Å². The SMILES string of the molecule is NCCCNC(=O)NC(CCC(=O)O)C(=O)O. The molecule has 0 fully saturated rings. The predicted octanol–water partition coefficient (Wildman–Crippen LogP) is -1.05. The molecule has 0 heterocycles.